The van der Waals surface area contributed by atoms with E-state index in [-0.39, 0.29) is 0 Å². The van der Waals surface area contributed by atoms with Crippen LogP contribution in [0.2, 0.25) is 0 Å². The Hall–Kier alpha value is -1.33. The molecule has 1 N–H and O–H groups in total. The summed E-state index contributed by atoms with van der Waals surface area (Å²) in [5, 5.41) is 3.21. The number of nitrogens with zero attached hydrogens (tertiary/aromatic N) is 1. The molecule has 0 unspecified atom stereocenters. The van der Waals surface area contributed by atoms with Gasteiger partial charge < -0.3 is 5.32 Å². The topological polar surface area (TPSA) is 24.9 Å². The third-order valence-corrected chi connectivity index (χ3v) is 2.23. The fourth-order valence-electron chi connectivity index (χ4n) is 1.37. The van der Waals surface area contributed by atoms with E-state index in [9.17, 15) is 0 Å². The average Bonchev–Trinajstić information content (AvgIpc) is 2.02. The maximum atomic E-state index is 5.37. The molecule has 1 fully saturated rings. The van der Waals surface area contributed by atoms with Gasteiger partial charge in [0.15, 0.2) is 0 Å². The molecule has 0 bridgehead atoms. The van der Waals surface area contributed by atoms with Gasteiger partial charge in [-0.05, 0) is 11.6 Å². The second-order valence-corrected chi connectivity index (χ2v) is 2.96. The molecule has 2 heterocycles. The second-order valence-electron chi connectivity index (χ2n) is 2.96. The highest BCUT2D eigenvalue weighted by molar-refractivity contribution is 5.40. The number of terminal acetylenes is 1. The number of hydrogen-bond acceptors (Lipinski definition) is 2. The minimum atomic E-state index is 0.574. The van der Waals surface area contributed by atoms with Gasteiger partial charge in [-0.3, -0.25) is 4.98 Å². The molecular formula is C10H10N2. The lowest BCUT2D eigenvalue weighted by Crippen LogP contribution is -2.40. The number of pyridine rings is 1. The van der Waals surface area contributed by atoms with E-state index in [0.717, 1.165) is 18.7 Å². The fourth-order valence-corrected chi connectivity index (χ4v) is 1.37. The van der Waals surface area contributed by atoms with E-state index < -0.39 is 0 Å². The van der Waals surface area contributed by atoms with E-state index >= 15 is 0 Å². The molecule has 1 aliphatic rings. The molecular weight excluding hydrogens is 148 g/mol. The van der Waals surface area contributed by atoms with Crippen molar-refractivity contribution in [2.24, 2.45) is 0 Å². The minimum absolute atomic E-state index is 0.574. The Morgan fingerprint density at radius 2 is 2.42 bits per heavy atom. The first-order chi connectivity index (χ1) is 5.92. The van der Waals surface area contributed by atoms with Crippen molar-refractivity contribution in [1.29, 1.82) is 0 Å². The van der Waals surface area contributed by atoms with Crippen LogP contribution in [-0.4, -0.2) is 18.1 Å². The van der Waals surface area contributed by atoms with Gasteiger partial charge in [-0.2, -0.15) is 0 Å². The zero-order valence-electron chi connectivity index (χ0n) is 6.75. The summed E-state index contributed by atoms with van der Waals surface area (Å²) < 4.78 is 0. The van der Waals surface area contributed by atoms with E-state index in [1.165, 1.54) is 5.56 Å². The molecule has 1 aliphatic heterocycles. The maximum absolute atomic E-state index is 5.37. The lowest BCUT2D eigenvalue weighted by molar-refractivity contribution is 0.447. The molecule has 0 aliphatic carbocycles. The number of rotatable bonds is 1. The number of hydrogen-bond donors (Lipinski definition) is 1. The van der Waals surface area contributed by atoms with Gasteiger partial charge in [0, 0.05) is 37.0 Å². The maximum Gasteiger partial charge on any atom is 0.0316 e. The predicted octanol–water partition coefficient (Wildman–Crippen LogP) is 0.750. The Bertz CT molecular complexity index is 321. The van der Waals surface area contributed by atoms with Crippen LogP contribution in [0.4, 0.5) is 0 Å². The van der Waals surface area contributed by atoms with Crippen molar-refractivity contribution in [2.45, 2.75) is 5.92 Å². The molecule has 0 aromatic carbocycles. The molecule has 0 radical (unpaired) electrons. The molecule has 1 aromatic rings. The normalized spacial score (nSPS) is 16.6. The standard InChI is InChI=1S/C10H10N2/c1-2-8-3-4-11-7-10(8)9-5-12-6-9/h1,3-4,7,9,12H,5-6H2. The first-order valence-electron chi connectivity index (χ1n) is 4.03. The van der Waals surface area contributed by atoms with E-state index in [1.54, 1.807) is 6.20 Å². The lowest BCUT2D eigenvalue weighted by atomic mass is 9.92. The minimum Gasteiger partial charge on any atom is -0.315 e. The van der Waals surface area contributed by atoms with Crippen LogP contribution >= 0.6 is 0 Å². The van der Waals surface area contributed by atoms with Crippen LogP contribution in [-0.2, 0) is 0 Å². The van der Waals surface area contributed by atoms with Crippen molar-refractivity contribution in [1.82, 2.24) is 10.3 Å². The first-order valence-corrected chi connectivity index (χ1v) is 4.03. The Morgan fingerprint density at radius 3 is 3.00 bits per heavy atom. The summed E-state index contributed by atoms with van der Waals surface area (Å²) in [5.41, 5.74) is 2.19. The van der Waals surface area contributed by atoms with Crippen LogP contribution in [0.3, 0.4) is 0 Å². The first kappa shape index (κ1) is 7.33. The molecule has 1 aromatic heterocycles. The van der Waals surface area contributed by atoms with Gasteiger partial charge in [0.1, 0.15) is 0 Å². The number of nitrogens with one attached hydrogen (secondary N) is 1. The van der Waals surface area contributed by atoms with Crippen LogP contribution in [0.25, 0.3) is 0 Å². The quantitative estimate of drug-likeness (QED) is 0.610. The fraction of sp³-hybridized carbons (Fsp3) is 0.300. The van der Waals surface area contributed by atoms with Gasteiger partial charge in [-0.1, -0.05) is 5.92 Å². The summed E-state index contributed by atoms with van der Waals surface area (Å²) in [5.74, 6) is 3.25. The van der Waals surface area contributed by atoms with Crippen LogP contribution in [0, 0.1) is 12.3 Å². The van der Waals surface area contributed by atoms with Crippen LogP contribution < -0.4 is 5.32 Å². The molecule has 60 valence electrons. The van der Waals surface area contributed by atoms with E-state index in [2.05, 4.69) is 16.2 Å². The number of aromatic nitrogens is 1. The molecule has 12 heavy (non-hydrogen) atoms. The highest BCUT2D eigenvalue weighted by Gasteiger charge is 2.20. The van der Waals surface area contributed by atoms with Crippen molar-refractivity contribution >= 4 is 0 Å². The van der Waals surface area contributed by atoms with Gasteiger partial charge in [-0.15, -0.1) is 6.42 Å². The van der Waals surface area contributed by atoms with Crippen molar-refractivity contribution in [2.75, 3.05) is 13.1 Å². The second kappa shape index (κ2) is 2.96. The summed E-state index contributed by atoms with van der Waals surface area (Å²) in [6, 6.07) is 1.90. The Kier molecular flexibility index (Phi) is 1.81. The molecule has 2 nitrogen and oxygen atoms in total. The van der Waals surface area contributed by atoms with Gasteiger partial charge in [0.25, 0.3) is 0 Å². The summed E-state index contributed by atoms with van der Waals surface area (Å²) >= 11 is 0. The molecule has 0 saturated carbocycles. The molecule has 1 saturated heterocycles. The summed E-state index contributed by atoms with van der Waals surface area (Å²) in [6.07, 6.45) is 8.99. The largest absolute Gasteiger partial charge is 0.315 e. The SMILES string of the molecule is C#Cc1ccncc1C1CNC1. The van der Waals surface area contributed by atoms with E-state index in [0.29, 0.717) is 5.92 Å². The van der Waals surface area contributed by atoms with Crippen LogP contribution in [0.1, 0.15) is 17.0 Å². The molecule has 2 rings (SSSR count). The molecule has 0 spiro atoms. The zero-order valence-corrected chi connectivity index (χ0v) is 6.75. The van der Waals surface area contributed by atoms with Crippen LogP contribution in [0.5, 0.6) is 0 Å². The summed E-state index contributed by atoms with van der Waals surface area (Å²) in [6.45, 7) is 2.06. The monoisotopic (exact) mass is 158 g/mol. The third kappa shape index (κ3) is 1.09. The highest BCUT2D eigenvalue weighted by Crippen LogP contribution is 2.21. The van der Waals surface area contributed by atoms with Crippen molar-refractivity contribution < 1.29 is 0 Å². The Morgan fingerprint density at radius 1 is 1.58 bits per heavy atom. The Labute approximate surface area is 72.0 Å². The van der Waals surface area contributed by atoms with Crippen molar-refractivity contribution in [3.63, 3.8) is 0 Å². The summed E-state index contributed by atoms with van der Waals surface area (Å²) in [7, 11) is 0. The van der Waals surface area contributed by atoms with Gasteiger partial charge in [-0.25, -0.2) is 0 Å². The third-order valence-electron chi connectivity index (χ3n) is 2.23. The molecule has 0 atom stereocenters. The Balaban J connectivity index is 2.35. The van der Waals surface area contributed by atoms with Crippen molar-refractivity contribution in [3.8, 4) is 12.3 Å². The van der Waals surface area contributed by atoms with E-state index in [1.807, 2.05) is 12.3 Å². The summed E-state index contributed by atoms with van der Waals surface area (Å²) in [4.78, 5) is 4.07. The van der Waals surface area contributed by atoms with Crippen LogP contribution in [0.15, 0.2) is 18.5 Å². The molecule has 2 heteroatoms. The van der Waals surface area contributed by atoms with Gasteiger partial charge in [0.2, 0.25) is 0 Å². The zero-order chi connectivity index (χ0) is 8.39. The average molecular weight is 158 g/mol. The lowest BCUT2D eigenvalue weighted by Gasteiger charge is -2.27. The predicted molar refractivity (Wildman–Crippen MR) is 47.8 cm³/mol. The van der Waals surface area contributed by atoms with Gasteiger partial charge >= 0.3 is 0 Å². The smallest absolute Gasteiger partial charge is 0.0316 e. The molecule has 0 amide bonds. The van der Waals surface area contributed by atoms with Gasteiger partial charge in [0.05, 0.1) is 0 Å². The van der Waals surface area contributed by atoms with E-state index in [4.69, 9.17) is 6.42 Å². The highest BCUT2D eigenvalue weighted by atomic mass is 14.9. The van der Waals surface area contributed by atoms with Crippen molar-refractivity contribution in [3.05, 3.63) is 29.6 Å².